The molecule has 0 saturated carbocycles. The minimum atomic E-state index is 1.06. The molecular weight excluding hydrogens is 268 g/mol. The fourth-order valence-corrected chi connectivity index (χ4v) is 3.67. The Balaban J connectivity index is 2.13. The molecule has 0 unspecified atom stereocenters. The van der Waals surface area contributed by atoms with Crippen molar-refractivity contribution in [3.8, 4) is 0 Å². The molecule has 0 saturated heterocycles. The van der Waals surface area contributed by atoms with Gasteiger partial charge in [-0.1, -0.05) is 48.0 Å². The van der Waals surface area contributed by atoms with Crippen LogP contribution in [-0.2, 0) is 6.42 Å². The molecule has 4 aromatic rings. The average Bonchev–Trinajstić information content (AvgIpc) is 2.94. The first-order valence-electron chi connectivity index (χ1n) is 7.82. The molecule has 2 aromatic heterocycles. The number of hydrogen-bond acceptors (Lipinski definition) is 1. The summed E-state index contributed by atoms with van der Waals surface area (Å²) in [6.45, 7) is 2.15. The number of hydrogen-bond donors (Lipinski definition) is 0. The van der Waals surface area contributed by atoms with Crippen LogP contribution < -0.4 is 0 Å². The van der Waals surface area contributed by atoms with E-state index in [1.165, 1.54) is 32.9 Å². The largest absolute Gasteiger partial charge is 0.295 e. The lowest BCUT2D eigenvalue weighted by molar-refractivity contribution is 0.921. The van der Waals surface area contributed by atoms with E-state index in [1.54, 1.807) is 0 Å². The predicted octanol–water partition coefficient (Wildman–Crippen LogP) is 4.91. The van der Waals surface area contributed by atoms with Crippen LogP contribution in [0, 0.1) is 6.92 Å². The van der Waals surface area contributed by atoms with Crippen LogP contribution in [0.1, 0.15) is 23.4 Å². The molecule has 0 amide bonds. The molecule has 0 atom stereocenters. The van der Waals surface area contributed by atoms with E-state index >= 15 is 0 Å². The number of pyridine rings is 1. The molecule has 2 heteroatoms. The van der Waals surface area contributed by atoms with Crippen molar-refractivity contribution in [3.05, 3.63) is 65.5 Å². The van der Waals surface area contributed by atoms with E-state index in [-0.39, 0.29) is 0 Å². The van der Waals surface area contributed by atoms with Crippen molar-refractivity contribution in [1.29, 1.82) is 0 Å². The van der Waals surface area contributed by atoms with Gasteiger partial charge >= 0.3 is 0 Å². The second-order valence-electron chi connectivity index (χ2n) is 6.11. The van der Waals surface area contributed by atoms with E-state index in [0.717, 1.165) is 24.2 Å². The molecule has 2 aromatic carbocycles. The summed E-state index contributed by atoms with van der Waals surface area (Å²) in [7, 11) is 0. The van der Waals surface area contributed by atoms with Crippen molar-refractivity contribution in [2.24, 2.45) is 0 Å². The number of aryl methyl sites for hydroxylation is 2. The molecule has 106 valence electrons. The van der Waals surface area contributed by atoms with Crippen molar-refractivity contribution >= 4 is 33.4 Å². The number of benzene rings is 2. The molecule has 0 fully saturated rings. The minimum absolute atomic E-state index is 1.06. The normalized spacial score (nSPS) is 14.0. The smallest absolute Gasteiger partial charge is 0.146 e. The van der Waals surface area contributed by atoms with Gasteiger partial charge in [-0.3, -0.25) is 4.40 Å². The summed E-state index contributed by atoms with van der Waals surface area (Å²) in [5.41, 5.74) is 6.11. The quantitative estimate of drug-likeness (QED) is 0.419. The minimum Gasteiger partial charge on any atom is -0.295 e. The number of para-hydroxylation sites is 1. The van der Waals surface area contributed by atoms with Gasteiger partial charge in [0, 0.05) is 10.8 Å². The van der Waals surface area contributed by atoms with Crippen LogP contribution in [0.15, 0.2) is 48.5 Å². The third-order valence-corrected chi connectivity index (χ3v) is 4.68. The van der Waals surface area contributed by atoms with E-state index in [2.05, 4.69) is 65.9 Å². The summed E-state index contributed by atoms with van der Waals surface area (Å²) >= 11 is 0. The molecule has 0 spiro atoms. The van der Waals surface area contributed by atoms with Crippen LogP contribution in [0.3, 0.4) is 0 Å². The zero-order valence-electron chi connectivity index (χ0n) is 12.5. The molecule has 1 aliphatic carbocycles. The topological polar surface area (TPSA) is 17.3 Å². The van der Waals surface area contributed by atoms with E-state index < -0.39 is 0 Å². The molecule has 22 heavy (non-hydrogen) atoms. The third-order valence-electron chi connectivity index (χ3n) is 4.68. The van der Waals surface area contributed by atoms with Gasteiger partial charge in [0.1, 0.15) is 5.65 Å². The number of rotatable bonds is 0. The highest BCUT2D eigenvalue weighted by Gasteiger charge is 2.17. The van der Waals surface area contributed by atoms with Crippen LogP contribution in [0.4, 0.5) is 0 Å². The monoisotopic (exact) mass is 284 g/mol. The van der Waals surface area contributed by atoms with E-state index in [0.29, 0.717) is 0 Å². The first kappa shape index (κ1) is 12.0. The van der Waals surface area contributed by atoms with Crippen LogP contribution >= 0.6 is 0 Å². The van der Waals surface area contributed by atoms with Crippen LogP contribution in [0.2, 0.25) is 0 Å². The molecule has 0 bridgehead atoms. The SMILES string of the molecule is Cc1ccc2c(c1)c1ccccc1n1c3c(nc21)C=CCC3. The third kappa shape index (κ3) is 1.47. The maximum absolute atomic E-state index is 4.94. The van der Waals surface area contributed by atoms with Gasteiger partial charge in [0.15, 0.2) is 0 Å². The first-order chi connectivity index (χ1) is 10.8. The number of allylic oxidation sites excluding steroid dienone is 1. The second-order valence-corrected chi connectivity index (χ2v) is 6.11. The van der Waals surface area contributed by atoms with Gasteiger partial charge in [-0.2, -0.15) is 0 Å². The molecule has 0 radical (unpaired) electrons. The van der Waals surface area contributed by atoms with Gasteiger partial charge in [-0.05, 0) is 37.3 Å². The Kier molecular flexibility index (Phi) is 2.29. The maximum Gasteiger partial charge on any atom is 0.146 e. The van der Waals surface area contributed by atoms with Crippen LogP contribution in [0.5, 0.6) is 0 Å². The lowest BCUT2D eigenvalue weighted by atomic mass is 10.0. The summed E-state index contributed by atoms with van der Waals surface area (Å²) in [6.07, 6.45) is 6.55. The number of aromatic nitrogens is 2. The van der Waals surface area contributed by atoms with Gasteiger partial charge < -0.3 is 0 Å². The Morgan fingerprint density at radius 3 is 2.86 bits per heavy atom. The standard InChI is InChI=1S/C20H16N2/c1-13-10-11-15-16(12-13)14-6-2-4-8-18(14)22-19-9-5-3-7-17(19)21-20(15)22/h2-4,6-8,10-12H,5,9H2,1H3. The molecule has 2 heterocycles. The van der Waals surface area contributed by atoms with Crippen LogP contribution in [0.25, 0.3) is 33.4 Å². The second kappa shape index (κ2) is 4.20. The van der Waals surface area contributed by atoms with Gasteiger partial charge in [0.05, 0.1) is 16.9 Å². The fourth-order valence-electron chi connectivity index (χ4n) is 3.67. The maximum atomic E-state index is 4.94. The Hall–Kier alpha value is -2.61. The highest BCUT2D eigenvalue weighted by atomic mass is 15.0. The van der Waals surface area contributed by atoms with E-state index in [9.17, 15) is 0 Å². The molecule has 0 aliphatic heterocycles. The summed E-state index contributed by atoms with van der Waals surface area (Å²) in [5, 5.41) is 3.85. The zero-order valence-corrected chi connectivity index (χ0v) is 12.5. The van der Waals surface area contributed by atoms with Crippen LogP contribution in [-0.4, -0.2) is 9.38 Å². The molecular formula is C20H16N2. The van der Waals surface area contributed by atoms with Gasteiger partial charge in [0.2, 0.25) is 0 Å². The number of imidazole rings is 1. The molecule has 0 N–H and O–H groups in total. The Labute approximate surface area is 128 Å². The van der Waals surface area contributed by atoms with Crippen molar-refractivity contribution in [2.75, 3.05) is 0 Å². The fraction of sp³-hybridized carbons (Fsp3) is 0.150. The van der Waals surface area contributed by atoms with E-state index in [1.807, 2.05) is 0 Å². The highest BCUT2D eigenvalue weighted by molar-refractivity contribution is 6.12. The Morgan fingerprint density at radius 2 is 1.91 bits per heavy atom. The van der Waals surface area contributed by atoms with Gasteiger partial charge in [0.25, 0.3) is 0 Å². The summed E-state index contributed by atoms with van der Waals surface area (Å²) in [5.74, 6) is 0. The van der Waals surface area contributed by atoms with Crippen molar-refractivity contribution in [3.63, 3.8) is 0 Å². The van der Waals surface area contributed by atoms with Crippen molar-refractivity contribution < 1.29 is 0 Å². The Morgan fingerprint density at radius 1 is 1.00 bits per heavy atom. The first-order valence-corrected chi connectivity index (χ1v) is 7.82. The van der Waals surface area contributed by atoms with Crippen molar-refractivity contribution in [2.45, 2.75) is 19.8 Å². The summed E-state index contributed by atoms with van der Waals surface area (Å²) < 4.78 is 2.37. The number of nitrogens with zero attached hydrogens (tertiary/aromatic N) is 2. The lowest BCUT2D eigenvalue weighted by Gasteiger charge is -2.12. The zero-order chi connectivity index (χ0) is 14.7. The highest BCUT2D eigenvalue weighted by Crippen LogP contribution is 2.33. The number of fused-ring (bicyclic) bond motifs is 8. The van der Waals surface area contributed by atoms with Crippen molar-refractivity contribution in [1.82, 2.24) is 9.38 Å². The lowest BCUT2D eigenvalue weighted by Crippen LogP contribution is -1.99. The summed E-state index contributed by atoms with van der Waals surface area (Å²) in [6, 6.07) is 15.4. The molecule has 1 aliphatic rings. The Bertz CT molecular complexity index is 1080. The van der Waals surface area contributed by atoms with Gasteiger partial charge in [-0.25, -0.2) is 4.98 Å². The van der Waals surface area contributed by atoms with E-state index in [4.69, 9.17) is 4.98 Å². The molecule has 5 rings (SSSR count). The predicted molar refractivity (Wildman–Crippen MR) is 92.3 cm³/mol. The molecule has 2 nitrogen and oxygen atoms in total. The van der Waals surface area contributed by atoms with Gasteiger partial charge in [-0.15, -0.1) is 0 Å². The average molecular weight is 284 g/mol. The summed E-state index contributed by atoms with van der Waals surface area (Å²) in [4.78, 5) is 4.94.